The summed E-state index contributed by atoms with van der Waals surface area (Å²) in [5, 5.41) is 6.14. The minimum absolute atomic E-state index is 0.0621. The van der Waals surface area contributed by atoms with Crippen molar-refractivity contribution in [2.45, 2.75) is 289 Å². The molecule has 67 heavy (non-hydrogen) atoms. The van der Waals surface area contributed by atoms with E-state index in [1.54, 1.807) is 0 Å². The van der Waals surface area contributed by atoms with Gasteiger partial charge in [-0.3, -0.25) is 9.59 Å². The molecule has 0 unspecified atom stereocenters. The van der Waals surface area contributed by atoms with Crippen molar-refractivity contribution >= 4 is 11.8 Å². The van der Waals surface area contributed by atoms with Gasteiger partial charge in [0, 0.05) is 13.1 Å². The van der Waals surface area contributed by atoms with E-state index in [0.29, 0.717) is 39.0 Å². The van der Waals surface area contributed by atoms with E-state index in [-0.39, 0.29) is 11.8 Å². The van der Waals surface area contributed by atoms with Crippen LogP contribution < -0.4 is 33.6 Å². The summed E-state index contributed by atoms with van der Waals surface area (Å²) in [5.74, 6) is -0.124. The highest BCUT2D eigenvalue weighted by Crippen LogP contribution is 2.16. The van der Waals surface area contributed by atoms with Crippen molar-refractivity contribution in [3.05, 3.63) is 0 Å². The van der Waals surface area contributed by atoms with Crippen molar-refractivity contribution in [3.63, 3.8) is 0 Å². The second-order valence-electron chi connectivity index (χ2n) is 20.7. The maximum Gasteiger partial charge on any atom is 0.236 e. The number of nitrogens with two attached hydrogens (primary N) is 4. The molecule has 0 aromatic rings. The predicted octanol–water partition coefficient (Wildman–Crippen LogP) is 12.4. The molecule has 0 aliphatic carbocycles. The van der Waals surface area contributed by atoms with Crippen LogP contribution in [-0.4, -0.2) is 99.1 Å². The third kappa shape index (κ3) is 48.1. The molecule has 0 spiro atoms. The van der Waals surface area contributed by atoms with Crippen LogP contribution in [0.3, 0.4) is 0 Å². The van der Waals surface area contributed by atoms with Crippen LogP contribution in [0.25, 0.3) is 0 Å². The first-order chi connectivity index (χ1) is 32.9. The van der Waals surface area contributed by atoms with Gasteiger partial charge in [0.1, 0.15) is 0 Å². The second kappa shape index (κ2) is 54.0. The average molecular weight is 950 g/mol. The summed E-state index contributed by atoms with van der Waals surface area (Å²) in [4.78, 5) is 30.5. The Morgan fingerprint density at radius 3 is 0.836 bits per heavy atom. The number of rotatable bonds is 56. The van der Waals surface area contributed by atoms with Gasteiger partial charge in [0.15, 0.2) is 0 Å². The Labute approximate surface area is 417 Å². The highest BCUT2D eigenvalue weighted by Gasteiger charge is 2.15. The number of amides is 2. The zero-order valence-corrected chi connectivity index (χ0v) is 45.2. The molecule has 0 radical (unpaired) electrons. The molecule has 10 nitrogen and oxygen atoms in total. The largest absolute Gasteiger partial charge is 0.355 e. The van der Waals surface area contributed by atoms with Gasteiger partial charge in [0.25, 0.3) is 0 Å². The lowest BCUT2D eigenvalue weighted by Gasteiger charge is -2.26. The molecule has 0 bridgehead atoms. The van der Waals surface area contributed by atoms with E-state index in [9.17, 15) is 9.59 Å². The Morgan fingerprint density at radius 2 is 0.567 bits per heavy atom. The fourth-order valence-electron chi connectivity index (χ4n) is 9.53. The standard InChI is InChI=1S/C57H120N8O2/c1-3-5-7-9-11-13-15-17-19-21-23-25-27-29-31-37-48-64(49-38-32-30-28-26-24-22-20-18-16-14-12-10-8-6-4-2)52-41-53-65(50-39-46-62-56(66)54(60)42-33-35-44-58)51-40-47-63-57(67)55(61)43-34-36-45-59/h54-55H,3-53,58-61H2,1-2H3,(H,62,66)(H,63,67)/t54-,55-/m0/s1. The normalized spacial score (nSPS) is 12.7. The Hall–Kier alpha value is -1.30. The van der Waals surface area contributed by atoms with E-state index in [2.05, 4.69) is 34.3 Å². The highest BCUT2D eigenvalue weighted by atomic mass is 16.2. The summed E-state index contributed by atoms with van der Waals surface area (Å²) in [6, 6.07) is -0.940. The van der Waals surface area contributed by atoms with E-state index in [0.717, 1.165) is 71.1 Å². The number of carbonyl (C=O) groups is 2. The third-order valence-corrected chi connectivity index (χ3v) is 14.1. The first-order valence-corrected chi connectivity index (χ1v) is 29.8. The van der Waals surface area contributed by atoms with Crippen LogP contribution in [-0.2, 0) is 9.59 Å². The van der Waals surface area contributed by atoms with Crippen molar-refractivity contribution in [2.24, 2.45) is 22.9 Å². The van der Waals surface area contributed by atoms with E-state index >= 15 is 0 Å². The van der Waals surface area contributed by atoms with Gasteiger partial charge >= 0.3 is 0 Å². The summed E-state index contributed by atoms with van der Waals surface area (Å²) < 4.78 is 0. The number of hydrogen-bond acceptors (Lipinski definition) is 8. The van der Waals surface area contributed by atoms with E-state index in [1.807, 2.05) is 0 Å². The lowest BCUT2D eigenvalue weighted by Crippen LogP contribution is -2.42. The SMILES string of the molecule is CCCCCCCCCCCCCCCCCCN(CCCCCCCCCCCCCCCCCC)CCCN(CCCNC(=O)[C@@H](N)CCCCN)CCCNC(=O)[C@@H](N)CCCCN. The minimum atomic E-state index is -0.470. The van der Waals surface area contributed by atoms with Gasteiger partial charge < -0.3 is 43.4 Å². The first kappa shape index (κ1) is 65.7. The summed E-state index contributed by atoms with van der Waals surface area (Å²) in [6.07, 6.45) is 52.8. The molecular weight excluding hydrogens is 829 g/mol. The van der Waals surface area contributed by atoms with Crippen molar-refractivity contribution in [1.29, 1.82) is 0 Å². The van der Waals surface area contributed by atoms with Crippen molar-refractivity contribution in [2.75, 3.05) is 65.4 Å². The van der Waals surface area contributed by atoms with Crippen molar-refractivity contribution in [3.8, 4) is 0 Å². The lowest BCUT2D eigenvalue weighted by atomic mass is 10.0. The lowest BCUT2D eigenvalue weighted by molar-refractivity contribution is -0.123. The van der Waals surface area contributed by atoms with Gasteiger partial charge in [-0.2, -0.15) is 0 Å². The molecule has 2 atom stereocenters. The monoisotopic (exact) mass is 949 g/mol. The van der Waals surface area contributed by atoms with Crippen LogP contribution in [0.1, 0.15) is 277 Å². The number of carbonyl (C=O) groups excluding carboxylic acids is 2. The molecule has 0 saturated heterocycles. The molecule has 0 aliphatic rings. The summed E-state index contributed by atoms with van der Waals surface area (Å²) in [7, 11) is 0. The molecule has 400 valence electrons. The van der Waals surface area contributed by atoms with Crippen molar-refractivity contribution < 1.29 is 9.59 Å². The molecule has 2 amide bonds. The summed E-state index contributed by atoms with van der Waals surface area (Å²) >= 11 is 0. The Balaban J connectivity index is 4.90. The van der Waals surface area contributed by atoms with Gasteiger partial charge in [-0.1, -0.05) is 219 Å². The third-order valence-electron chi connectivity index (χ3n) is 14.1. The Bertz CT molecular complexity index is 933. The van der Waals surface area contributed by atoms with Crippen LogP contribution in [0.5, 0.6) is 0 Å². The predicted molar refractivity (Wildman–Crippen MR) is 294 cm³/mol. The molecule has 0 aromatic heterocycles. The first-order valence-electron chi connectivity index (χ1n) is 29.8. The van der Waals surface area contributed by atoms with Crippen LogP contribution in [0, 0.1) is 0 Å². The van der Waals surface area contributed by atoms with Gasteiger partial charge in [0.2, 0.25) is 11.8 Å². The molecular formula is C57H120N8O2. The smallest absolute Gasteiger partial charge is 0.236 e. The second-order valence-corrected chi connectivity index (χ2v) is 20.7. The van der Waals surface area contributed by atoms with E-state index < -0.39 is 12.1 Å². The van der Waals surface area contributed by atoms with E-state index in [4.69, 9.17) is 22.9 Å². The molecule has 0 heterocycles. The molecule has 0 aromatic carbocycles. The fourth-order valence-corrected chi connectivity index (χ4v) is 9.53. The Morgan fingerprint density at radius 1 is 0.328 bits per heavy atom. The Kier molecular flexibility index (Phi) is 53.0. The fraction of sp³-hybridized carbons (Fsp3) is 0.965. The zero-order chi connectivity index (χ0) is 48.9. The maximum absolute atomic E-state index is 12.6. The minimum Gasteiger partial charge on any atom is -0.355 e. The number of nitrogens with one attached hydrogen (secondary N) is 2. The van der Waals surface area contributed by atoms with Gasteiger partial charge in [-0.25, -0.2) is 0 Å². The highest BCUT2D eigenvalue weighted by molar-refractivity contribution is 5.81. The van der Waals surface area contributed by atoms with Crippen molar-refractivity contribution in [1.82, 2.24) is 20.4 Å². The molecule has 0 aliphatic heterocycles. The number of unbranched alkanes of at least 4 members (excludes halogenated alkanes) is 32. The van der Waals surface area contributed by atoms with Crippen LogP contribution in [0.4, 0.5) is 0 Å². The van der Waals surface area contributed by atoms with Gasteiger partial charge in [0.05, 0.1) is 12.1 Å². The average Bonchev–Trinajstić information content (AvgIpc) is 3.33. The van der Waals surface area contributed by atoms with Crippen LogP contribution in [0.15, 0.2) is 0 Å². The molecule has 0 fully saturated rings. The number of nitrogens with zero attached hydrogens (tertiary/aromatic N) is 2. The molecule has 0 saturated carbocycles. The molecule has 0 rings (SSSR count). The molecule has 10 N–H and O–H groups in total. The maximum atomic E-state index is 12.6. The zero-order valence-electron chi connectivity index (χ0n) is 45.2. The van der Waals surface area contributed by atoms with Gasteiger partial charge in [-0.15, -0.1) is 0 Å². The topological polar surface area (TPSA) is 169 Å². The number of hydrogen-bond donors (Lipinski definition) is 6. The summed E-state index contributed by atoms with van der Waals surface area (Å²) in [6.45, 7) is 13.5. The summed E-state index contributed by atoms with van der Waals surface area (Å²) in [5.41, 5.74) is 23.6. The van der Waals surface area contributed by atoms with Crippen LogP contribution >= 0.6 is 0 Å². The van der Waals surface area contributed by atoms with E-state index in [1.165, 1.54) is 219 Å². The quantitative estimate of drug-likeness (QED) is 0.0328. The van der Waals surface area contributed by atoms with Gasteiger partial charge in [-0.05, 0) is 110 Å². The molecule has 10 heteroatoms. The van der Waals surface area contributed by atoms with Crippen LogP contribution in [0.2, 0.25) is 0 Å².